The molecule has 0 N–H and O–H groups in total. The molecule has 0 aliphatic rings. The maximum absolute atomic E-state index is 13.1. The summed E-state index contributed by atoms with van der Waals surface area (Å²) in [5.74, 6) is 0.0651. The first kappa shape index (κ1) is 18.9. The Morgan fingerprint density at radius 3 is 2.31 bits per heavy atom. The van der Waals surface area contributed by atoms with Crippen molar-refractivity contribution in [3.05, 3.63) is 88.8 Å². The van der Waals surface area contributed by atoms with E-state index < -0.39 is 15.6 Å². The Morgan fingerprint density at radius 2 is 1.55 bits per heavy atom. The van der Waals surface area contributed by atoms with Crippen LogP contribution in [0.3, 0.4) is 0 Å². The van der Waals surface area contributed by atoms with Crippen LogP contribution < -0.4 is 9.93 Å². The lowest BCUT2D eigenvalue weighted by atomic mass is 10.1. The second-order valence-electron chi connectivity index (χ2n) is 6.63. The van der Waals surface area contributed by atoms with Gasteiger partial charge in [0, 0.05) is 7.05 Å². The molecular formula is C22H18N2O4S. The Kier molecular flexibility index (Phi) is 4.68. The second-order valence-corrected chi connectivity index (χ2v) is 8.60. The summed E-state index contributed by atoms with van der Waals surface area (Å²) in [6, 6.07) is 20.3. The summed E-state index contributed by atoms with van der Waals surface area (Å²) < 4.78 is 32.8. The van der Waals surface area contributed by atoms with Crippen LogP contribution >= 0.6 is 0 Å². The van der Waals surface area contributed by atoms with Crippen molar-refractivity contribution in [2.45, 2.75) is 11.8 Å². The van der Waals surface area contributed by atoms with Crippen molar-refractivity contribution in [3.8, 4) is 11.5 Å². The molecule has 0 saturated carbocycles. The molecule has 6 nitrogen and oxygen atoms in total. The highest BCUT2D eigenvalue weighted by Crippen LogP contribution is 2.32. The first-order chi connectivity index (χ1) is 13.9. The molecule has 0 bridgehead atoms. The number of rotatable bonds is 4. The molecule has 0 atom stereocenters. The highest BCUT2D eigenvalue weighted by atomic mass is 32.2. The van der Waals surface area contributed by atoms with Crippen molar-refractivity contribution in [2.75, 3.05) is 11.4 Å². The van der Waals surface area contributed by atoms with Gasteiger partial charge in [0.05, 0.1) is 27.0 Å². The van der Waals surface area contributed by atoms with Gasteiger partial charge in [0.2, 0.25) is 5.89 Å². The number of hydrogen-bond acceptors (Lipinski definition) is 5. The molecule has 1 heterocycles. The number of aromatic nitrogens is 1. The number of fused-ring (bicyclic) bond motifs is 1. The van der Waals surface area contributed by atoms with Crippen molar-refractivity contribution >= 4 is 26.6 Å². The molecule has 7 heteroatoms. The van der Waals surface area contributed by atoms with Gasteiger partial charge in [-0.25, -0.2) is 18.2 Å². The summed E-state index contributed by atoms with van der Waals surface area (Å²) in [7, 11) is -2.34. The van der Waals surface area contributed by atoms with Crippen LogP contribution in [0.4, 0.5) is 5.69 Å². The van der Waals surface area contributed by atoms with Crippen LogP contribution in [0.1, 0.15) is 5.56 Å². The lowest BCUT2D eigenvalue weighted by Gasteiger charge is -2.22. The second kappa shape index (κ2) is 7.18. The molecule has 29 heavy (non-hydrogen) atoms. The molecule has 3 aromatic carbocycles. The van der Waals surface area contributed by atoms with Gasteiger partial charge in [0.15, 0.2) is 0 Å². The van der Waals surface area contributed by atoms with E-state index in [1.807, 2.05) is 6.92 Å². The van der Waals surface area contributed by atoms with Crippen LogP contribution in [0.15, 0.2) is 86.9 Å². The monoisotopic (exact) mass is 406 g/mol. The van der Waals surface area contributed by atoms with Gasteiger partial charge in [0.25, 0.3) is 10.0 Å². The van der Waals surface area contributed by atoms with Crippen LogP contribution in [0.5, 0.6) is 0 Å². The third-order valence-electron chi connectivity index (χ3n) is 4.69. The number of benzene rings is 3. The van der Waals surface area contributed by atoms with E-state index in [2.05, 4.69) is 4.98 Å². The highest BCUT2D eigenvalue weighted by molar-refractivity contribution is 7.92. The minimum atomic E-state index is -3.81. The Labute approximate surface area is 168 Å². The summed E-state index contributed by atoms with van der Waals surface area (Å²) in [6.45, 7) is 1.89. The van der Waals surface area contributed by atoms with E-state index in [4.69, 9.17) is 4.42 Å². The maximum Gasteiger partial charge on any atom is 0.347 e. The Balaban J connectivity index is 1.86. The molecule has 0 amide bonds. The molecule has 0 aliphatic heterocycles. The predicted molar refractivity (Wildman–Crippen MR) is 112 cm³/mol. The van der Waals surface area contributed by atoms with Gasteiger partial charge in [-0.2, -0.15) is 0 Å². The fraction of sp³-hybridized carbons (Fsp3) is 0.0909. The number of nitrogens with zero attached hydrogens (tertiary/aromatic N) is 2. The van der Waals surface area contributed by atoms with E-state index in [0.29, 0.717) is 22.2 Å². The molecule has 0 saturated heterocycles. The molecule has 146 valence electrons. The van der Waals surface area contributed by atoms with E-state index in [1.54, 1.807) is 72.8 Å². The molecule has 0 fully saturated rings. The van der Waals surface area contributed by atoms with Gasteiger partial charge in [0.1, 0.15) is 0 Å². The van der Waals surface area contributed by atoms with Crippen LogP contribution in [0.2, 0.25) is 0 Å². The zero-order chi connectivity index (χ0) is 20.6. The summed E-state index contributed by atoms with van der Waals surface area (Å²) in [6.07, 6.45) is 0. The first-order valence-corrected chi connectivity index (χ1v) is 10.4. The Morgan fingerprint density at radius 1 is 0.897 bits per heavy atom. The van der Waals surface area contributed by atoms with E-state index >= 15 is 0 Å². The van der Waals surface area contributed by atoms with Crippen molar-refractivity contribution in [2.24, 2.45) is 0 Å². The van der Waals surface area contributed by atoms with Crippen LogP contribution in [-0.2, 0) is 10.0 Å². The first-order valence-electron chi connectivity index (χ1n) is 8.93. The third-order valence-corrected chi connectivity index (χ3v) is 6.47. The van der Waals surface area contributed by atoms with Crippen LogP contribution in [0, 0.1) is 6.92 Å². The van der Waals surface area contributed by atoms with Gasteiger partial charge in [-0.15, -0.1) is 0 Å². The SMILES string of the molecule is Cc1ccc(S(=O)(=O)N(C)c2ccccc2-c2nc3ccccc3c(=O)o2)cc1. The number of anilines is 1. The molecule has 1 aromatic heterocycles. The van der Waals surface area contributed by atoms with E-state index in [9.17, 15) is 13.2 Å². The number of aryl methyl sites for hydroxylation is 1. The quantitative estimate of drug-likeness (QED) is 0.512. The Bertz CT molecular complexity index is 1360. The molecule has 0 radical (unpaired) electrons. The molecule has 0 unspecified atom stereocenters. The fourth-order valence-electron chi connectivity index (χ4n) is 3.06. The van der Waals surface area contributed by atoms with Crippen LogP contribution in [0.25, 0.3) is 22.4 Å². The summed E-state index contributed by atoms with van der Waals surface area (Å²) in [5, 5.41) is 0.370. The maximum atomic E-state index is 13.1. The molecule has 0 spiro atoms. The largest absolute Gasteiger partial charge is 0.403 e. The smallest absolute Gasteiger partial charge is 0.347 e. The van der Waals surface area contributed by atoms with Gasteiger partial charge < -0.3 is 4.42 Å². The van der Waals surface area contributed by atoms with E-state index in [1.165, 1.54) is 11.4 Å². The minimum Gasteiger partial charge on any atom is -0.403 e. The topological polar surface area (TPSA) is 80.5 Å². The molecule has 4 rings (SSSR count). The van der Waals surface area contributed by atoms with Gasteiger partial charge in [-0.3, -0.25) is 4.31 Å². The zero-order valence-electron chi connectivity index (χ0n) is 15.9. The average Bonchev–Trinajstić information content (AvgIpc) is 2.73. The molecule has 0 aliphatic carbocycles. The lowest BCUT2D eigenvalue weighted by molar-refractivity contribution is 0.518. The predicted octanol–water partition coefficient (Wildman–Crippen LogP) is 3.99. The third kappa shape index (κ3) is 3.40. The highest BCUT2D eigenvalue weighted by Gasteiger charge is 2.24. The number of hydrogen-bond donors (Lipinski definition) is 0. The molecular weight excluding hydrogens is 388 g/mol. The van der Waals surface area contributed by atoms with Crippen molar-refractivity contribution in [3.63, 3.8) is 0 Å². The standard InChI is InChI=1S/C22H18N2O4S/c1-15-11-13-16(14-12-15)29(26,27)24(2)20-10-6-4-8-18(20)21-23-19-9-5-3-7-17(19)22(25)28-21/h3-14H,1-2H3. The van der Waals surface area contributed by atoms with Gasteiger partial charge >= 0.3 is 5.63 Å². The van der Waals surface area contributed by atoms with Crippen molar-refractivity contribution in [1.82, 2.24) is 4.98 Å². The molecule has 4 aromatic rings. The normalized spacial score (nSPS) is 11.5. The van der Waals surface area contributed by atoms with Gasteiger partial charge in [-0.05, 0) is 43.3 Å². The van der Waals surface area contributed by atoms with Gasteiger partial charge in [-0.1, -0.05) is 42.0 Å². The average molecular weight is 406 g/mol. The van der Waals surface area contributed by atoms with Crippen molar-refractivity contribution in [1.29, 1.82) is 0 Å². The van der Waals surface area contributed by atoms with Crippen molar-refractivity contribution < 1.29 is 12.8 Å². The van der Waals surface area contributed by atoms with Crippen LogP contribution in [-0.4, -0.2) is 20.4 Å². The summed E-state index contributed by atoms with van der Waals surface area (Å²) in [4.78, 5) is 17.0. The minimum absolute atomic E-state index is 0.0651. The fourth-order valence-corrected chi connectivity index (χ4v) is 4.28. The van der Waals surface area contributed by atoms with E-state index in [0.717, 1.165) is 5.56 Å². The Hall–Kier alpha value is -3.45. The number of sulfonamides is 1. The lowest BCUT2D eigenvalue weighted by Crippen LogP contribution is -2.27. The van der Waals surface area contributed by atoms with E-state index in [-0.39, 0.29) is 10.8 Å². The summed E-state index contributed by atoms with van der Waals surface area (Å²) in [5.41, 5.74) is 1.70. The number of para-hydroxylation sites is 2. The summed E-state index contributed by atoms with van der Waals surface area (Å²) >= 11 is 0. The zero-order valence-corrected chi connectivity index (χ0v) is 16.7.